The molecule has 1 aromatic rings. The Labute approximate surface area is 133 Å². The molecule has 0 aromatic heterocycles. The minimum atomic E-state index is -3.51. The average molecular weight is 346 g/mol. The zero-order valence-electron chi connectivity index (χ0n) is 11.7. The third kappa shape index (κ3) is 3.78. The molecule has 6 nitrogen and oxygen atoms in total. The Morgan fingerprint density at radius 3 is 2.41 bits per heavy atom. The fraction of sp³-hybridized carbons (Fsp3) is 0.429. The first kappa shape index (κ1) is 16.8. The number of rotatable bonds is 4. The fourth-order valence-corrected chi connectivity index (χ4v) is 4.36. The van der Waals surface area contributed by atoms with Gasteiger partial charge >= 0.3 is 5.97 Å². The summed E-state index contributed by atoms with van der Waals surface area (Å²) < 4.78 is 23.9. The molecule has 2 N–H and O–H groups in total. The molecular formula is C14H16ClNO5S. The molecule has 1 aliphatic rings. The van der Waals surface area contributed by atoms with Crippen molar-refractivity contribution in [3.05, 3.63) is 34.9 Å². The van der Waals surface area contributed by atoms with E-state index >= 15 is 0 Å². The standard InChI is InChI=1S/C14H16ClNO5S/c15-10-6-4-9(5-7-10)12(14(18)19)16-13(17)11-3-1-2-8-22(11,20)21/h4-7,11-12H,1-3,8H2,(H,16,17)(H,18,19). The Morgan fingerprint density at radius 1 is 1.23 bits per heavy atom. The lowest BCUT2D eigenvalue weighted by atomic mass is 10.1. The lowest BCUT2D eigenvalue weighted by molar-refractivity contribution is -0.142. The number of amides is 1. The highest BCUT2D eigenvalue weighted by atomic mass is 35.5. The molecule has 22 heavy (non-hydrogen) atoms. The van der Waals surface area contributed by atoms with Gasteiger partial charge in [0.2, 0.25) is 5.91 Å². The topological polar surface area (TPSA) is 101 Å². The van der Waals surface area contributed by atoms with Gasteiger partial charge in [-0.1, -0.05) is 30.2 Å². The number of carboxylic acids is 1. The van der Waals surface area contributed by atoms with E-state index in [0.29, 0.717) is 23.4 Å². The average Bonchev–Trinajstić information content (AvgIpc) is 2.45. The molecule has 120 valence electrons. The minimum absolute atomic E-state index is 0.0379. The monoisotopic (exact) mass is 345 g/mol. The highest BCUT2D eigenvalue weighted by Crippen LogP contribution is 2.22. The predicted molar refractivity (Wildman–Crippen MR) is 81.4 cm³/mol. The SMILES string of the molecule is O=C(O)C(NC(=O)C1CCCCS1(=O)=O)c1ccc(Cl)cc1. The number of halogens is 1. The van der Waals surface area contributed by atoms with Crippen LogP contribution in [-0.2, 0) is 19.4 Å². The second kappa shape index (κ2) is 6.66. The highest BCUT2D eigenvalue weighted by molar-refractivity contribution is 7.92. The van der Waals surface area contributed by atoms with Crippen molar-refractivity contribution in [2.45, 2.75) is 30.6 Å². The maximum absolute atomic E-state index is 12.2. The molecule has 1 aromatic carbocycles. The number of sulfone groups is 1. The number of benzene rings is 1. The summed E-state index contributed by atoms with van der Waals surface area (Å²) in [6.45, 7) is 0. The molecule has 0 bridgehead atoms. The van der Waals surface area contributed by atoms with Gasteiger partial charge in [-0.15, -0.1) is 0 Å². The van der Waals surface area contributed by atoms with Crippen LogP contribution in [0.3, 0.4) is 0 Å². The molecule has 0 saturated carbocycles. The van der Waals surface area contributed by atoms with Crippen LogP contribution in [0.15, 0.2) is 24.3 Å². The van der Waals surface area contributed by atoms with E-state index in [-0.39, 0.29) is 12.2 Å². The van der Waals surface area contributed by atoms with Crippen molar-refractivity contribution in [3.63, 3.8) is 0 Å². The third-order valence-electron chi connectivity index (χ3n) is 3.61. The Bertz CT molecular complexity index is 671. The molecular weight excluding hydrogens is 330 g/mol. The first-order chi connectivity index (χ1) is 10.3. The summed E-state index contributed by atoms with van der Waals surface area (Å²) in [6, 6.07) is 4.68. The molecule has 1 amide bonds. The summed E-state index contributed by atoms with van der Waals surface area (Å²) >= 11 is 5.75. The summed E-state index contributed by atoms with van der Waals surface area (Å²) in [5, 5.41) is 10.9. The molecule has 0 spiro atoms. The predicted octanol–water partition coefficient (Wildman–Crippen LogP) is 1.55. The van der Waals surface area contributed by atoms with Crippen molar-refractivity contribution >= 4 is 33.3 Å². The highest BCUT2D eigenvalue weighted by Gasteiger charge is 2.36. The second-order valence-corrected chi connectivity index (χ2v) is 7.92. The van der Waals surface area contributed by atoms with E-state index in [9.17, 15) is 23.1 Å². The smallest absolute Gasteiger partial charge is 0.330 e. The van der Waals surface area contributed by atoms with Crippen molar-refractivity contribution in [2.24, 2.45) is 0 Å². The van der Waals surface area contributed by atoms with Crippen molar-refractivity contribution in [1.29, 1.82) is 0 Å². The van der Waals surface area contributed by atoms with Gasteiger partial charge in [-0.2, -0.15) is 0 Å². The van der Waals surface area contributed by atoms with Gasteiger partial charge in [-0.3, -0.25) is 4.79 Å². The van der Waals surface area contributed by atoms with E-state index in [4.69, 9.17) is 11.6 Å². The van der Waals surface area contributed by atoms with Crippen LogP contribution in [0.25, 0.3) is 0 Å². The van der Waals surface area contributed by atoms with E-state index in [0.717, 1.165) is 0 Å². The second-order valence-electron chi connectivity index (χ2n) is 5.18. The number of carbonyl (C=O) groups is 2. The molecule has 8 heteroatoms. The molecule has 0 aliphatic carbocycles. The summed E-state index contributed by atoms with van der Waals surface area (Å²) in [7, 11) is -3.51. The molecule has 1 heterocycles. The lowest BCUT2D eigenvalue weighted by Gasteiger charge is -2.23. The molecule has 2 atom stereocenters. The van der Waals surface area contributed by atoms with E-state index < -0.39 is 33.0 Å². The molecule has 2 rings (SSSR count). The van der Waals surface area contributed by atoms with Crippen LogP contribution >= 0.6 is 11.6 Å². The van der Waals surface area contributed by atoms with E-state index in [1.807, 2.05) is 0 Å². The zero-order valence-corrected chi connectivity index (χ0v) is 13.2. The molecule has 2 unspecified atom stereocenters. The van der Waals surface area contributed by atoms with Crippen LogP contribution in [0.4, 0.5) is 0 Å². The van der Waals surface area contributed by atoms with Gasteiger partial charge < -0.3 is 10.4 Å². The molecule has 1 aliphatic heterocycles. The quantitative estimate of drug-likeness (QED) is 0.862. The fourth-order valence-electron chi connectivity index (χ4n) is 2.43. The van der Waals surface area contributed by atoms with Crippen LogP contribution < -0.4 is 5.32 Å². The Balaban J connectivity index is 2.19. The number of aliphatic carboxylic acids is 1. The maximum Gasteiger partial charge on any atom is 0.330 e. The van der Waals surface area contributed by atoms with Gasteiger partial charge in [-0.05, 0) is 30.5 Å². The van der Waals surface area contributed by atoms with Crippen LogP contribution in [0.1, 0.15) is 30.9 Å². The van der Waals surface area contributed by atoms with E-state index in [2.05, 4.69) is 5.32 Å². The number of carboxylic acid groups (broad SMARTS) is 1. The Kier molecular flexibility index (Phi) is 5.08. The Morgan fingerprint density at radius 2 is 1.86 bits per heavy atom. The van der Waals surface area contributed by atoms with Crippen LogP contribution in [0.5, 0.6) is 0 Å². The van der Waals surface area contributed by atoms with Crippen molar-refractivity contribution in [1.82, 2.24) is 5.32 Å². The van der Waals surface area contributed by atoms with E-state index in [1.165, 1.54) is 24.3 Å². The molecule has 1 saturated heterocycles. The van der Waals surface area contributed by atoms with Crippen molar-refractivity contribution in [2.75, 3.05) is 5.75 Å². The zero-order chi connectivity index (χ0) is 16.3. The summed E-state index contributed by atoms with van der Waals surface area (Å²) in [5.41, 5.74) is 0.332. The maximum atomic E-state index is 12.2. The van der Waals surface area contributed by atoms with Gasteiger partial charge in [0.15, 0.2) is 15.9 Å². The van der Waals surface area contributed by atoms with Gasteiger partial charge in [0.1, 0.15) is 5.25 Å². The van der Waals surface area contributed by atoms with Crippen LogP contribution in [-0.4, -0.2) is 36.4 Å². The lowest BCUT2D eigenvalue weighted by Crippen LogP contribution is -2.45. The molecule has 0 radical (unpaired) electrons. The number of hydrogen-bond acceptors (Lipinski definition) is 4. The first-order valence-electron chi connectivity index (χ1n) is 6.81. The minimum Gasteiger partial charge on any atom is -0.479 e. The van der Waals surface area contributed by atoms with Crippen LogP contribution in [0.2, 0.25) is 5.02 Å². The van der Waals surface area contributed by atoms with Crippen molar-refractivity contribution in [3.8, 4) is 0 Å². The normalized spacial score (nSPS) is 21.8. The van der Waals surface area contributed by atoms with Gasteiger partial charge in [-0.25, -0.2) is 13.2 Å². The van der Waals surface area contributed by atoms with Crippen molar-refractivity contribution < 1.29 is 23.1 Å². The van der Waals surface area contributed by atoms with E-state index in [1.54, 1.807) is 0 Å². The number of hydrogen-bond donors (Lipinski definition) is 2. The summed E-state index contributed by atoms with van der Waals surface area (Å²) in [5.74, 6) is -2.06. The van der Waals surface area contributed by atoms with Gasteiger partial charge in [0, 0.05) is 5.02 Å². The molecule has 1 fully saturated rings. The number of carbonyl (C=O) groups excluding carboxylic acids is 1. The van der Waals surface area contributed by atoms with Crippen LogP contribution in [0, 0.1) is 0 Å². The largest absolute Gasteiger partial charge is 0.479 e. The van der Waals surface area contributed by atoms with Gasteiger partial charge in [0.25, 0.3) is 0 Å². The first-order valence-corrected chi connectivity index (χ1v) is 8.91. The van der Waals surface area contributed by atoms with Gasteiger partial charge in [0.05, 0.1) is 5.75 Å². The summed E-state index contributed by atoms with van der Waals surface area (Å²) in [6.07, 6.45) is 1.39. The number of nitrogens with one attached hydrogen (secondary N) is 1. The Hall–Kier alpha value is -1.60. The third-order valence-corrected chi connectivity index (χ3v) is 6.03. The summed E-state index contributed by atoms with van der Waals surface area (Å²) in [4.78, 5) is 23.6.